The highest BCUT2D eigenvalue weighted by molar-refractivity contribution is 5.88. The molecule has 3 rings (SSSR count). The minimum atomic E-state index is -1.13. The molecule has 1 aliphatic heterocycles. The lowest BCUT2D eigenvalue weighted by molar-refractivity contribution is -0.132. The summed E-state index contributed by atoms with van der Waals surface area (Å²) in [4.78, 5) is 62.4. The number of hydrogen-bond donors (Lipinski definition) is 4. The number of aryl methyl sites for hydroxylation is 1. The average Bonchev–Trinajstić information content (AvgIpc) is 3.50. The van der Waals surface area contributed by atoms with Gasteiger partial charge < -0.3 is 30.3 Å². The number of aliphatic hydroxyl groups excluding tert-OH is 1. The third-order valence-corrected chi connectivity index (χ3v) is 10.7. The van der Waals surface area contributed by atoms with Crippen molar-refractivity contribution in [2.75, 3.05) is 33.3 Å². The molecule has 316 valence electrons. The van der Waals surface area contributed by atoms with E-state index in [1.807, 2.05) is 90.1 Å². The third-order valence-electron chi connectivity index (χ3n) is 10.7. The van der Waals surface area contributed by atoms with Crippen LogP contribution in [-0.2, 0) is 27.3 Å². The number of hydrazine groups is 1. The minimum absolute atomic E-state index is 0.00673. The molecule has 2 aromatic rings. The Bertz CT molecular complexity index is 1630. The molecule has 4 N–H and O–H groups in total. The molecule has 1 fully saturated rings. The molecular formula is C44H69N7O6. The number of nitrogens with zero attached hydrogens (tertiary/aromatic N) is 4. The van der Waals surface area contributed by atoms with Crippen LogP contribution in [0.5, 0.6) is 0 Å². The zero-order valence-corrected chi connectivity index (χ0v) is 36.0. The summed E-state index contributed by atoms with van der Waals surface area (Å²) < 4.78 is 4.82. The van der Waals surface area contributed by atoms with Crippen LogP contribution in [0.3, 0.4) is 0 Å². The highest BCUT2D eigenvalue weighted by atomic mass is 16.5. The number of pyridine rings is 1. The number of methoxy groups -OCH3 is 1. The first kappa shape index (κ1) is 46.9. The smallest absolute Gasteiger partial charge is 0.407 e. The molecule has 1 aromatic heterocycles. The van der Waals surface area contributed by atoms with Gasteiger partial charge in [0.1, 0.15) is 12.1 Å². The fourth-order valence-corrected chi connectivity index (χ4v) is 7.03. The van der Waals surface area contributed by atoms with Crippen molar-refractivity contribution in [3.05, 3.63) is 77.1 Å². The van der Waals surface area contributed by atoms with Gasteiger partial charge in [-0.25, -0.2) is 14.6 Å². The number of rotatable bonds is 21. The Hall–Kier alpha value is -4.49. The first-order valence-corrected chi connectivity index (χ1v) is 20.5. The van der Waals surface area contributed by atoms with E-state index in [0.29, 0.717) is 44.9 Å². The van der Waals surface area contributed by atoms with Crippen LogP contribution < -0.4 is 16.1 Å². The van der Waals surface area contributed by atoms with Crippen molar-refractivity contribution in [3.63, 3.8) is 0 Å². The van der Waals surface area contributed by atoms with Gasteiger partial charge in [-0.1, -0.05) is 96.0 Å². The highest BCUT2D eigenvalue weighted by Crippen LogP contribution is 2.24. The molecule has 1 unspecified atom stereocenters. The molecule has 0 radical (unpaired) electrons. The number of amides is 5. The third kappa shape index (κ3) is 15.1. The molecule has 1 saturated heterocycles. The van der Waals surface area contributed by atoms with E-state index in [9.17, 15) is 24.3 Å². The summed E-state index contributed by atoms with van der Waals surface area (Å²) >= 11 is 0. The van der Waals surface area contributed by atoms with Crippen molar-refractivity contribution >= 4 is 23.9 Å². The van der Waals surface area contributed by atoms with Crippen LogP contribution in [-0.4, -0.2) is 106 Å². The monoisotopic (exact) mass is 792 g/mol. The summed E-state index contributed by atoms with van der Waals surface area (Å²) in [7, 11) is 1.25. The summed E-state index contributed by atoms with van der Waals surface area (Å²) in [5.74, 6) is -0.637. The summed E-state index contributed by atoms with van der Waals surface area (Å²) in [6.07, 6.45) is 3.96. The minimum Gasteiger partial charge on any atom is -0.453 e. The van der Waals surface area contributed by atoms with Crippen molar-refractivity contribution < 1.29 is 29.0 Å². The lowest BCUT2D eigenvalue weighted by atomic mass is 9.86. The number of nitrogens with one attached hydrogen (secondary N) is 3. The molecule has 13 nitrogen and oxygen atoms in total. The number of benzene rings is 1. The van der Waals surface area contributed by atoms with Gasteiger partial charge in [0.25, 0.3) is 5.91 Å². The first-order chi connectivity index (χ1) is 26.9. The molecule has 0 aliphatic carbocycles. The van der Waals surface area contributed by atoms with Crippen LogP contribution in [0.25, 0.3) is 0 Å². The molecule has 2 heterocycles. The summed E-state index contributed by atoms with van der Waals surface area (Å²) in [6, 6.07) is 12.7. The van der Waals surface area contributed by atoms with Gasteiger partial charge in [0.15, 0.2) is 0 Å². The number of hydrogen-bond acceptors (Lipinski definition) is 8. The molecule has 0 saturated carbocycles. The van der Waals surface area contributed by atoms with E-state index >= 15 is 0 Å². The van der Waals surface area contributed by atoms with Crippen LogP contribution in [0.1, 0.15) is 98.0 Å². The van der Waals surface area contributed by atoms with Gasteiger partial charge in [-0.2, -0.15) is 0 Å². The number of carbonyl (C=O) groups is 4. The van der Waals surface area contributed by atoms with E-state index in [1.165, 1.54) is 12.7 Å². The second kappa shape index (κ2) is 22.4. The summed E-state index contributed by atoms with van der Waals surface area (Å²) in [5.41, 5.74) is 6.16. The first-order valence-electron chi connectivity index (χ1n) is 20.5. The van der Waals surface area contributed by atoms with Crippen LogP contribution in [0, 0.1) is 24.2 Å². The van der Waals surface area contributed by atoms with Gasteiger partial charge >= 0.3 is 12.1 Å². The van der Waals surface area contributed by atoms with E-state index in [4.69, 9.17) is 4.74 Å². The molecule has 0 bridgehead atoms. The molecular weight excluding hydrogens is 723 g/mol. The quantitative estimate of drug-likeness (QED) is 0.0886. The summed E-state index contributed by atoms with van der Waals surface area (Å²) in [5, 5.41) is 19.6. The average molecular weight is 792 g/mol. The Balaban J connectivity index is 1.89. The lowest BCUT2D eigenvalue weighted by Gasteiger charge is -2.36. The normalized spacial score (nSPS) is 16.3. The zero-order valence-electron chi connectivity index (χ0n) is 36.0. The molecule has 57 heavy (non-hydrogen) atoms. The second-order valence-electron chi connectivity index (χ2n) is 17.0. The predicted molar refractivity (Wildman–Crippen MR) is 224 cm³/mol. The molecule has 1 aromatic carbocycles. The Kier molecular flexibility index (Phi) is 18.5. The zero-order chi connectivity index (χ0) is 42.3. The van der Waals surface area contributed by atoms with Crippen LogP contribution in [0.15, 0.2) is 60.2 Å². The molecule has 5 amide bonds. The van der Waals surface area contributed by atoms with Crippen molar-refractivity contribution in [3.8, 4) is 0 Å². The van der Waals surface area contributed by atoms with Crippen LogP contribution in [0.2, 0.25) is 0 Å². The fourth-order valence-electron chi connectivity index (χ4n) is 7.03. The Morgan fingerprint density at radius 2 is 1.70 bits per heavy atom. The fraction of sp³-hybridized carbons (Fsp3) is 0.614. The Morgan fingerprint density at radius 3 is 2.32 bits per heavy atom. The van der Waals surface area contributed by atoms with Gasteiger partial charge in [0, 0.05) is 31.9 Å². The van der Waals surface area contributed by atoms with E-state index in [0.717, 1.165) is 36.2 Å². The van der Waals surface area contributed by atoms with Crippen LogP contribution in [0.4, 0.5) is 9.59 Å². The van der Waals surface area contributed by atoms with Gasteiger partial charge in [-0.3, -0.25) is 20.0 Å². The predicted octanol–water partition coefficient (Wildman–Crippen LogP) is 6.01. The maximum atomic E-state index is 14.5. The van der Waals surface area contributed by atoms with Gasteiger partial charge in [0.2, 0.25) is 5.91 Å². The van der Waals surface area contributed by atoms with Crippen molar-refractivity contribution in [2.45, 2.75) is 125 Å². The van der Waals surface area contributed by atoms with Gasteiger partial charge in [-0.15, -0.1) is 0 Å². The lowest BCUT2D eigenvalue weighted by Crippen LogP contribution is -2.60. The number of aliphatic hydroxyl groups is 1. The number of alkyl carbamates (subject to hydrolysis) is 1. The Morgan fingerprint density at radius 1 is 1.00 bits per heavy atom. The van der Waals surface area contributed by atoms with E-state index < -0.39 is 41.6 Å². The number of ether oxygens (including phenoxy) is 1. The molecule has 6 atom stereocenters. The summed E-state index contributed by atoms with van der Waals surface area (Å²) in [6.45, 7) is 19.4. The second-order valence-corrected chi connectivity index (χ2v) is 17.0. The van der Waals surface area contributed by atoms with Gasteiger partial charge in [0.05, 0.1) is 31.5 Å². The molecule has 0 spiro atoms. The van der Waals surface area contributed by atoms with E-state index in [1.54, 1.807) is 14.8 Å². The standard InChI is InChI=1S/C44H69N7O6/c1-11-32(5)38(51-26-25-49(43(51)56)28-35-22-16-19-33(6)45-35)40(53)46-36(27-34-20-13-12-14-21-34)37(52)29-50(24-23-31(4)18-15-17-30(2)3)48-41(54)39(44(7,8)9)47-42(55)57-10/h12-14,16-17,19-22,31-32,36-39,52H,11,15,18,23-29H2,1-10H3,(H,46,53)(H,47,55)(H,48,54)/t31?,32-,36-,37-,38-,39+/m0/s1. The van der Waals surface area contributed by atoms with Crippen LogP contribution >= 0.6 is 0 Å². The van der Waals surface area contributed by atoms with Crippen molar-refractivity contribution in [1.82, 2.24) is 35.9 Å². The number of aromatic nitrogens is 1. The molecule has 13 heteroatoms. The van der Waals surface area contributed by atoms with E-state index in [2.05, 4.69) is 47.9 Å². The molecule has 1 aliphatic rings. The Labute approximate surface area is 341 Å². The van der Waals surface area contributed by atoms with Crippen molar-refractivity contribution in [2.24, 2.45) is 17.3 Å². The maximum absolute atomic E-state index is 14.5. The van der Waals surface area contributed by atoms with Crippen molar-refractivity contribution in [1.29, 1.82) is 0 Å². The largest absolute Gasteiger partial charge is 0.453 e. The van der Waals surface area contributed by atoms with E-state index in [-0.39, 0.29) is 24.4 Å². The SMILES string of the molecule is CC[C@H](C)[C@@H](C(=O)N[C@@H](Cc1ccccc1)[C@@H](O)CN(CCC(C)CCC=C(C)C)NC(=O)[C@@H](NC(=O)OC)C(C)(C)C)N1CCN(Cc2cccc(C)n2)C1=O. The van der Waals surface area contributed by atoms with Gasteiger partial charge in [-0.05, 0) is 81.4 Å². The highest BCUT2D eigenvalue weighted by Gasteiger charge is 2.41. The maximum Gasteiger partial charge on any atom is 0.407 e. The number of allylic oxidation sites excluding steroid dienone is 2. The number of urea groups is 1. The topological polar surface area (TPSA) is 156 Å². The number of carbonyl (C=O) groups excluding carboxylic acids is 4.